The van der Waals surface area contributed by atoms with Gasteiger partial charge in [0.05, 0.1) is 5.92 Å². The Morgan fingerprint density at radius 2 is 2.33 bits per heavy atom. The molecule has 2 rings (SSSR count). The maximum Gasteiger partial charge on any atom is 0.163 e. The van der Waals surface area contributed by atoms with Crippen LogP contribution < -0.4 is 5.32 Å². The van der Waals surface area contributed by atoms with Crippen molar-refractivity contribution < 1.29 is 9.59 Å². The van der Waals surface area contributed by atoms with Crippen molar-refractivity contribution in [3.63, 3.8) is 0 Å². The van der Waals surface area contributed by atoms with E-state index in [4.69, 9.17) is 0 Å². The first-order valence-electron chi connectivity index (χ1n) is 5.41. The summed E-state index contributed by atoms with van der Waals surface area (Å²) in [4.78, 5) is 22.6. The third kappa shape index (κ3) is 2.07. The molecular weight excluding hydrogens is 190 g/mol. The molecule has 2 aliphatic rings. The summed E-state index contributed by atoms with van der Waals surface area (Å²) in [6.07, 6.45) is 7.94. The van der Waals surface area contributed by atoms with Gasteiger partial charge in [0.1, 0.15) is 6.29 Å². The van der Waals surface area contributed by atoms with E-state index in [1.165, 1.54) is 0 Å². The quantitative estimate of drug-likeness (QED) is 0.680. The maximum absolute atomic E-state index is 11.7. The van der Waals surface area contributed by atoms with E-state index in [0.29, 0.717) is 5.57 Å². The van der Waals surface area contributed by atoms with Crippen molar-refractivity contribution in [1.29, 1.82) is 0 Å². The average molecular weight is 205 g/mol. The average Bonchev–Trinajstić information content (AvgIpc) is 2.29. The van der Waals surface area contributed by atoms with Gasteiger partial charge in [-0.15, -0.1) is 0 Å². The molecule has 2 atom stereocenters. The molecule has 0 aromatic rings. The van der Waals surface area contributed by atoms with Crippen LogP contribution in [0.5, 0.6) is 0 Å². The van der Waals surface area contributed by atoms with Crippen LogP contribution in [0.1, 0.15) is 12.8 Å². The number of carbonyl (C=O) groups is 2. The fraction of sp³-hybridized carbons (Fsp3) is 0.500. The number of nitrogens with one attached hydrogen (secondary N) is 1. The Morgan fingerprint density at radius 3 is 3.00 bits per heavy atom. The number of hydrogen-bond donors (Lipinski definition) is 1. The van der Waals surface area contributed by atoms with Gasteiger partial charge >= 0.3 is 0 Å². The van der Waals surface area contributed by atoms with E-state index in [1.54, 1.807) is 18.2 Å². The smallest absolute Gasteiger partial charge is 0.163 e. The summed E-state index contributed by atoms with van der Waals surface area (Å²) >= 11 is 0. The molecule has 1 N–H and O–H groups in total. The van der Waals surface area contributed by atoms with Crippen LogP contribution in [0.4, 0.5) is 0 Å². The van der Waals surface area contributed by atoms with Gasteiger partial charge in [-0.1, -0.05) is 12.2 Å². The molecule has 0 amide bonds. The highest BCUT2D eigenvalue weighted by Gasteiger charge is 2.31. The summed E-state index contributed by atoms with van der Waals surface area (Å²) in [5, 5.41) is 3.28. The third-order valence-electron chi connectivity index (χ3n) is 3.16. The Kier molecular flexibility index (Phi) is 3.11. The lowest BCUT2D eigenvalue weighted by atomic mass is 9.77. The largest absolute Gasteiger partial charge is 0.316 e. The summed E-state index contributed by atoms with van der Waals surface area (Å²) in [7, 11) is 0. The van der Waals surface area contributed by atoms with Crippen LogP contribution in [0.2, 0.25) is 0 Å². The minimum Gasteiger partial charge on any atom is -0.316 e. The van der Waals surface area contributed by atoms with Crippen LogP contribution in [0.3, 0.4) is 0 Å². The molecule has 1 aliphatic carbocycles. The summed E-state index contributed by atoms with van der Waals surface area (Å²) in [6, 6.07) is 0. The van der Waals surface area contributed by atoms with Crippen molar-refractivity contribution in [2.45, 2.75) is 12.8 Å². The van der Waals surface area contributed by atoms with Crippen LogP contribution in [-0.4, -0.2) is 25.2 Å². The van der Waals surface area contributed by atoms with Gasteiger partial charge in [-0.25, -0.2) is 0 Å². The molecule has 1 fully saturated rings. The molecule has 0 bridgehead atoms. The number of aldehydes is 1. The Hall–Kier alpha value is -1.22. The standard InChI is InChI=1S/C12H15NO2/c14-8-10-3-1-5-11(15)12(10)9-4-2-6-13-7-9/h1,3,5,8-9,12-13H,2,4,6-7H2. The van der Waals surface area contributed by atoms with Crippen molar-refractivity contribution in [3.8, 4) is 0 Å². The molecule has 0 spiro atoms. The van der Waals surface area contributed by atoms with Crippen LogP contribution in [0, 0.1) is 11.8 Å². The van der Waals surface area contributed by atoms with Crippen molar-refractivity contribution in [1.82, 2.24) is 5.32 Å². The first-order valence-corrected chi connectivity index (χ1v) is 5.41. The zero-order valence-corrected chi connectivity index (χ0v) is 8.61. The Labute approximate surface area is 89.2 Å². The molecule has 3 heteroatoms. The van der Waals surface area contributed by atoms with E-state index >= 15 is 0 Å². The van der Waals surface area contributed by atoms with E-state index < -0.39 is 0 Å². The summed E-state index contributed by atoms with van der Waals surface area (Å²) < 4.78 is 0. The van der Waals surface area contributed by atoms with E-state index in [2.05, 4.69) is 5.32 Å². The number of carbonyl (C=O) groups excluding carboxylic acids is 2. The third-order valence-corrected chi connectivity index (χ3v) is 3.16. The fourth-order valence-electron chi connectivity index (χ4n) is 2.41. The van der Waals surface area contributed by atoms with Gasteiger partial charge in [-0.2, -0.15) is 0 Å². The van der Waals surface area contributed by atoms with E-state index in [9.17, 15) is 9.59 Å². The van der Waals surface area contributed by atoms with Gasteiger partial charge in [-0.3, -0.25) is 9.59 Å². The van der Waals surface area contributed by atoms with E-state index in [0.717, 1.165) is 32.2 Å². The maximum atomic E-state index is 11.7. The molecule has 80 valence electrons. The zero-order chi connectivity index (χ0) is 10.7. The van der Waals surface area contributed by atoms with Gasteiger partial charge in [0, 0.05) is 5.57 Å². The SMILES string of the molecule is O=CC1=CC=CC(=O)C1C1CCCNC1. The summed E-state index contributed by atoms with van der Waals surface area (Å²) in [6.45, 7) is 1.86. The Balaban J connectivity index is 2.17. The molecule has 1 aliphatic heterocycles. The number of hydrogen-bond acceptors (Lipinski definition) is 3. The Morgan fingerprint density at radius 1 is 1.47 bits per heavy atom. The number of rotatable bonds is 2. The van der Waals surface area contributed by atoms with Crippen LogP contribution in [0.25, 0.3) is 0 Å². The molecule has 0 radical (unpaired) electrons. The molecule has 0 aromatic heterocycles. The second-order valence-electron chi connectivity index (χ2n) is 4.13. The lowest BCUT2D eigenvalue weighted by Crippen LogP contribution is -2.38. The molecule has 3 nitrogen and oxygen atoms in total. The summed E-state index contributed by atoms with van der Waals surface area (Å²) in [5.74, 6) is 0.154. The van der Waals surface area contributed by atoms with Crippen molar-refractivity contribution in [2.75, 3.05) is 13.1 Å². The fourth-order valence-corrected chi connectivity index (χ4v) is 2.41. The summed E-state index contributed by atoms with van der Waals surface area (Å²) in [5.41, 5.74) is 0.635. The number of ketones is 1. The van der Waals surface area contributed by atoms with Gasteiger partial charge in [0.2, 0.25) is 0 Å². The highest BCUT2D eigenvalue weighted by molar-refractivity contribution is 6.00. The Bertz CT molecular complexity index is 325. The van der Waals surface area contributed by atoms with Crippen molar-refractivity contribution >= 4 is 12.1 Å². The predicted molar refractivity (Wildman–Crippen MR) is 57.4 cm³/mol. The molecule has 0 saturated carbocycles. The monoisotopic (exact) mass is 205 g/mol. The van der Waals surface area contributed by atoms with Crippen LogP contribution in [-0.2, 0) is 9.59 Å². The first-order chi connectivity index (χ1) is 7.33. The van der Waals surface area contributed by atoms with Crippen molar-refractivity contribution in [2.24, 2.45) is 11.8 Å². The normalized spacial score (nSPS) is 31.2. The predicted octanol–water partition coefficient (Wildman–Crippen LogP) is 0.866. The molecule has 15 heavy (non-hydrogen) atoms. The molecule has 2 unspecified atom stereocenters. The first kappa shape index (κ1) is 10.3. The lowest BCUT2D eigenvalue weighted by molar-refractivity contribution is -0.120. The van der Waals surface area contributed by atoms with Crippen molar-refractivity contribution in [3.05, 3.63) is 23.8 Å². The van der Waals surface area contributed by atoms with Gasteiger partial charge in [0.25, 0.3) is 0 Å². The van der Waals surface area contributed by atoms with Gasteiger partial charge in [-0.05, 0) is 37.9 Å². The molecule has 1 saturated heterocycles. The molecule has 0 aromatic carbocycles. The van der Waals surface area contributed by atoms with E-state index in [-0.39, 0.29) is 17.6 Å². The minimum absolute atomic E-state index is 0.0771. The van der Waals surface area contributed by atoms with Gasteiger partial charge in [0.15, 0.2) is 5.78 Å². The lowest BCUT2D eigenvalue weighted by Gasteiger charge is -2.30. The van der Waals surface area contributed by atoms with Crippen LogP contribution >= 0.6 is 0 Å². The molecular formula is C12H15NO2. The van der Waals surface area contributed by atoms with Gasteiger partial charge < -0.3 is 5.32 Å². The highest BCUT2D eigenvalue weighted by Crippen LogP contribution is 2.28. The second kappa shape index (κ2) is 4.53. The van der Waals surface area contributed by atoms with E-state index in [1.807, 2.05) is 0 Å². The number of piperidine rings is 1. The number of allylic oxidation sites excluding steroid dienone is 4. The second-order valence-corrected chi connectivity index (χ2v) is 4.13. The topological polar surface area (TPSA) is 46.2 Å². The van der Waals surface area contributed by atoms with Crippen LogP contribution in [0.15, 0.2) is 23.8 Å². The zero-order valence-electron chi connectivity index (χ0n) is 8.61. The highest BCUT2D eigenvalue weighted by atomic mass is 16.1. The minimum atomic E-state index is -0.208. The molecule has 1 heterocycles.